The summed E-state index contributed by atoms with van der Waals surface area (Å²) in [5, 5.41) is -0.837. The summed E-state index contributed by atoms with van der Waals surface area (Å²) in [7, 11) is 0. The maximum absolute atomic E-state index is 15.4. The third-order valence-corrected chi connectivity index (χ3v) is 7.58. The zero-order chi connectivity index (χ0) is 54.8. The number of benzene rings is 3. The number of nitrogens with zero attached hydrogens (tertiary/aromatic N) is 4. The SMILES string of the molecule is [2H]c1c([2H])c(CSc2nc(=O)c3c(n2C([2H])([2H])C(=O)N(C([2H])([2H])c2c([2H])c([2H])c(-c4c([2H])c([2H])c(C(F)(F)F)c([2H])c4[2H])c([2H])c2C)C([2H])([2H])C([2H])([2H])N(C([2H])([2H])C)C([2H])([2H])C)CCC3)c([2H])c([2H])c1F. The Hall–Kier alpha value is -3.96. The van der Waals surface area contributed by atoms with E-state index < -0.39 is 183 Å². The minimum Gasteiger partial charge on any atom is -0.336 e. The van der Waals surface area contributed by atoms with Crippen LogP contribution in [-0.4, -0.2) is 51.2 Å². The van der Waals surface area contributed by atoms with Crippen molar-refractivity contribution in [2.45, 2.75) is 70.1 Å². The van der Waals surface area contributed by atoms with Crippen molar-refractivity contribution in [2.24, 2.45) is 0 Å². The van der Waals surface area contributed by atoms with E-state index in [1.54, 1.807) is 0 Å². The van der Waals surface area contributed by atoms with Crippen LogP contribution in [0.1, 0.15) is 85.3 Å². The lowest BCUT2D eigenvalue weighted by atomic mass is 9.98. The van der Waals surface area contributed by atoms with Crippen LogP contribution >= 0.6 is 11.8 Å². The third-order valence-electron chi connectivity index (χ3n) is 6.61. The maximum atomic E-state index is 15.4. The van der Waals surface area contributed by atoms with E-state index in [1.807, 2.05) is 0 Å². The van der Waals surface area contributed by atoms with Crippen LogP contribution in [0.2, 0.25) is 0 Å². The van der Waals surface area contributed by atoms with E-state index in [1.165, 1.54) is 0 Å². The van der Waals surface area contributed by atoms with Crippen LogP contribution < -0.4 is 5.56 Å². The predicted octanol–water partition coefficient (Wildman–Crippen LogP) is 7.53. The molecule has 6 nitrogen and oxygen atoms in total. The average molecular weight is 704 g/mol. The summed E-state index contributed by atoms with van der Waals surface area (Å²) in [6.45, 7) is -22.0. The Morgan fingerprint density at radius 1 is 1.00 bits per heavy atom. The molecule has 1 aliphatic rings. The smallest absolute Gasteiger partial charge is 0.336 e. The molecule has 3 aromatic carbocycles. The molecule has 0 atom stereocenters. The summed E-state index contributed by atoms with van der Waals surface area (Å²) < 4.78 is 256. The number of alkyl halides is 3. The number of rotatable bonds is 13. The third kappa shape index (κ3) is 8.54. The first kappa shape index (κ1) is 16.2. The maximum Gasteiger partial charge on any atom is 0.416 e. The van der Waals surface area contributed by atoms with Gasteiger partial charge in [-0.25, -0.2) is 4.39 Å². The summed E-state index contributed by atoms with van der Waals surface area (Å²) in [5.41, 5.74) is -8.84. The average Bonchev–Trinajstić information content (AvgIpc) is 3.70. The molecule has 0 bridgehead atoms. The predicted molar refractivity (Wildman–Crippen MR) is 181 cm³/mol. The van der Waals surface area contributed by atoms with Gasteiger partial charge in [-0.15, -0.1) is 0 Å². The number of carbonyl (C=O) groups excluding carboxylic acids is 1. The van der Waals surface area contributed by atoms with Gasteiger partial charge in [-0.05, 0) is 91.2 Å². The summed E-state index contributed by atoms with van der Waals surface area (Å²) in [4.78, 5) is 31.4. The highest BCUT2D eigenvalue weighted by molar-refractivity contribution is 7.98. The molecule has 0 saturated carbocycles. The van der Waals surface area contributed by atoms with Crippen molar-refractivity contribution in [1.29, 1.82) is 0 Å². The van der Waals surface area contributed by atoms with E-state index in [0.717, 1.165) is 6.92 Å². The Kier molecular flexibility index (Phi) is 5.22. The van der Waals surface area contributed by atoms with Crippen LogP contribution in [0.3, 0.4) is 0 Å². The number of thioether (sulfide) groups is 1. The molecule has 48 heavy (non-hydrogen) atoms. The summed E-state index contributed by atoms with van der Waals surface area (Å²) in [6.07, 6.45) is -5.75. The Bertz CT molecular complexity index is 2840. The van der Waals surface area contributed by atoms with Crippen LogP contribution in [-0.2, 0) is 42.6 Å². The monoisotopic (exact) mass is 703 g/mol. The fourth-order valence-corrected chi connectivity index (χ4v) is 5.15. The van der Waals surface area contributed by atoms with Crippen molar-refractivity contribution in [3.63, 3.8) is 0 Å². The first-order valence-corrected chi connectivity index (χ1v) is 14.9. The zero-order valence-corrected chi connectivity index (χ0v) is 26.2. The number of carbonyl (C=O) groups is 1. The largest absolute Gasteiger partial charge is 0.416 e. The van der Waals surface area contributed by atoms with E-state index in [4.69, 9.17) is 23.3 Å². The van der Waals surface area contributed by atoms with Gasteiger partial charge in [0.1, 0.15) is 12.3 Å². The summed E-state index contributed by atoms with van der Waals surface area (Å²) >= 11 is 0.275. The topological polar surface area (TPSA) is 58.4 Å². The standard InChI is InChI=1S/C37H40F4N4O2S/c1-4-43(5-2)19-20-44(22-29-12-11-28(21-25(29)3)27-13-15-30(16-14-27)37(39,40)41)34(46)23-45-33-8-6-7-32(33)35(47)42-36(45)48-24-26-9-17-31(38)18-10-26/h9-18,21H,4-8,19-20,22-24H2,1-3H3/i4D2,5D2,9D,10D,11D,12D,13D,14D,15D,16D,17D,18D,19D2,20D2,21D,22D2,23D2. The van der Waals surface area contributed by atoms with Crippen LogP contribution in [0.25, 0.3) is 11.1 Å². The number of likely N-dealkylation sites (N-methyl/N-ethyl adjacent to an activating group) is 1. The minimum atomic E-state index is -5.46. The van der Waals surface area contributed by atoms with Crippen molar-refractivity contribution < 1.29 is 53.9 Å². The van der Waals surface area contributed by atoms with Crippen LogP contribution in [0.15, 0.2) is 76.4 Å². The summed E-state index contributed by atoms with van der Waals surface area (Å²) in [5.74, 6) is -4.79. The highest BCUT2D eigenvalue weighted by atomic mass is 32.2. The second kappa shape index (κ2) is 15.5. The molecule has 1 aromatic heterocycles. The molecule has 11 heteroatoms. The second-order valence-electron chi connectivity index (χ2n) is 9.76. The van der Waals surface area contributed by atoms with Gasteiger partial charge in [-0.2, -0.15) is 18.2 Å². The second-order valence-corrected chi connectivity index (χ2v) is 10.7. The van der Waals surface area contributed by atoms with E-state index in [9.17, 15) is 30.6 Å². The minimum absolute atomic E-state index is 0.0789. The van der Waals surface area contributed by atoms with Crippen LogP contribution in [0.4, 0.5) is 17.6 Å². The van der Waals surface area contributed by atoms with Gasteiger partial charge in [-0.3, -0.25) is 9.59 Å². The molecule has 0 aliphatic heterocycles. The molecule has 0 spiro atoms. The highest BCUT2D eigenvalue weighted by Gasteiger charge is 2.30. The molecule has 5 rings (SSSR count). The van der Waals surface area contributed by atoms with Crippen molar-refractivity contribution in [2.75, 3.05) is 26.0 Å². The lowest BCUT2D eigenvalue weighted by Gasteiger charge is -2.28. The molecule has 0 unspecified atom stereocenters. The quantitative estimate of drug-likeness (QED) is 0.0819. The van der Waals surface area contributed by atoms with Crippen molar-refractivity contribution in [1.82, 2.24) is 19.4 Å². The van der Waals surface area contributed by atoms with Crippen LogP contribution in [0, 0.1) is 12.7 Å². The number of hydrogen-bond acceptors (Lipinski definition) is 5. The van der Waals surface area contributed by atoms with Gasteiger partial charge in [0.25, 0.3) is 5.56 Å². The zero-order valence-electron chi connectivity index (χ0n) is 48.4. The lowest BCUT2D eigenvalue weighted by Crippen LogP contribution is -2.40. The number of aromatic nitrogens is 2. The van der Waals surface area contributed by atoms with Crippen molar-refractivity contribution >= 4 is 17.7 Å². The Morgan fingerprint density at radius 2 is 1.69 bits per heavy atom. The molecule has 1 amide bonds. The normalized spacial score (nSPS) is 21.5. The first-order valence-electron chi connectivity index (χ1n) is 25.4. The molecule has 4 aromatic rings. The highest BCUT2D eigenvalue weighted by Crippen LogP contribution is 2.32. The van der Waals surface area contributed by atoms with Gasteiger partial charge in [0.15, 0.2) is 5.16 Å². The number of hydrogen-bond donors (Lipinski definition) is 0. The molecule has 0 fully saturated rings. The van der Waals surface area contributed by atoms with Gasteiger partial charge in [0, 0.05) is 44.7 Å². The van der Waals surface area contributed by atoms with Gasteiger partial charge in [0.2, 0.25) is 5.91 Å². The van der Waals surface area contributed by atoms with E-state index in [2.05, 4.69) is 4.98 Å². The number of halogens is 4. The fraction of sp³-hybridized carbons (Fsp3) is 0.378. The molecule has 254 valence electrons. The number of fused-ring (bicyclic) bond motifs is 1. The summed E-state index contributed by atoms with van der Waals surface area (Å²) in [6, 6.07) is -14.6. The van der Waals surface area contributed by atoms with Gasteiger partial charge in [0.05, 0.1) is 28.9 Å². The lowest BCUT2D eigenvalue weighted by molar-refractivity contribution is -0.137. The van der Waals surface area contributed by atoms with Crippen LogP contribution in [0.5, 0.6) is 0 Å². The van der Waals surface area contributed by atoms with Crippen molar-refractivity contribution in [3.05, 3.63) is 116 Å². The molecule has 1 heterocycles. The van der Waals surface area contributed by atoms with E-state index >= 15 is 4.79 Å². The van der Waals surface area contributed by atoms with Crippen molar-refractivity contribution in [3.8, 4) is 11.1 Å². The van der Waals surface area contributed by atoms with E-state index in [0.29, 0.717) is 18.4 Å². The molecule has 0 saturated heterocycles. The van der Waals surface area contributed by atoms with Gasteiger partial charge in [-0.1, -0.05) is 67.9 Å². The molecular formula is C37H40F4N4O2S. The molecule has 0 N–H and O–H groups in total. The molecule has 0 radical (unpaired) electrons. The van der Waals surface area contributed by atoms with Gasteiger partial charge >= 0.3 is 6.18 Å². The molecular weight excluding hydrogens is 640 g/mol. The van der Waals surface area contributed by atoms with E-state index in [-0.39, 0.29) is 42.3 Å². The first-order chi connectivity index (χ1) is 32.0. The Labute approximate surface area is 315 Å². The molecule has 1 aliphatic carbocycles. The van der Waals surface area contributed by atoms with Gasteiger partial charge < -0.3 is 14.4 Å². The number of amides is 1. The Balaban J connectivity index is 1.89. The fourth-order valence-electron chi connectivity index (χ4n) is 4.30. The Morgan fingerprint density at radius 3 is 2.35 bits per heavy atom.